The van der Waals surface area contributed by atoms with Crippen molar-refractivity contribution in [2.24, 2.45) is 0 Å². The average Bonchev–Trinajstić information content (AvgIpc) is 2.93. The monoisotopic (exact) mass is 553 g/mol. The Morgan fingerprint density at radius 1 is 1.07 bits per heavy atom. The Morgan fingerprint density at radius 2 is 1.85 bits per heavy atom. The number of halogens is 3. The highest BCUT2D eigenvalue weighted by Gasteiger charge is 2.33. The van der Waals surface area contributed by atoms with Gasteiger partial charge in [0.25, 0.3) is 5.56 Å². The van der Waals surface area contributed by atoms with Crippen LogP contribution >= 0.6 is 0 Å². The van der Waals surface area contributed by atoms with Gasteiger partial charge in [0.15, 0.2) is 5.75 Å². The number of hydrogen-bond donors (Lipinski definition) is 1. The summed E-state index contributed by atoms with van der Waals surface area (Å²) >= 11 is 0. The molecule has 0 aliphatic carbocycles. The van der Waals surface area contributed by atoms with Crippen LogP contribution in [-0.2, 0) is 9.53 Å². The molecule has 1 amide bonds. The molecule has 0 bridgehead atoms. The zero-order chi connectivity index (χ0) is 28.4. The fraction of sp³-hybridized carbons (Fsp3) is 0.286. The predicted molar refractivity (Wildman–Crippen MR) is 142 cm³/mol. The lowest BCUT2D eigenvalue weighted by atomic mass is 10.0. The molecule has 12 heteroatoms. The Morgan fingerprint density at radius 3 is 2.58 bits per heavy atom. The zero-order valence-corrected chi connectivity index (χ0v) is 21.7. The SMILES string of the molecule is Cc1cncc(-c2ccc3c(=O)n(-c4ccc(OC(F)(F)F)c(NC(=O)C(C)N5CCOCC5)c4)cnc3c2)c1. The number of aryl methyl sites for hydroxylation is 1. The molecule has 4 aromatic rings. The molecule has 9 nitrogen and oxygen atoms in total. The highest BCUT2D eigenvalue weighted by molar-refractivity contribution is 5.96. The van der Waals surface area contributed by atoms with E-state index in [-0.39, 0.29) is 11.4 Å². The van der Waals surface area contributed by atoms with E-state index < -0.39 is 29.6 Å². The number of carbonyl (C=O) groups excluding carboxylic acids is 1. The van der Waals surface area contributed by atoms with Gasteiger partial charge in [0.05, 0.1) is 41.5 Å². The number of benzene rings is 2. The summed E-state index contributed by atoms with van der Waals surface area (Å²) in [6, 6.07) is 10.2. The summed E-state index contributed by atoms with van der Waals surface area (Å²) in [5, 5.41) is 2.85. The summed E-state index contributed by atoms with van der Waals surface area (Å²) in [6.45, 7) is 5.53. The number of pyridine rings is 1. The largest absolute Gasteiger partial charge is 0.573 e. The van der Waals surface area contributed by atoms with Crippen LogP contribution in [0.25, 0.3) is 27.7 Å². The third kappa shape index (κ3) is 5.97. The topological polar surface area (TPSA) is 98.6 Å². The van der Waals surface area contributed by atoms with Crippen LogP contribution < -0.4 is 15.6 Å². The maximum absolute atomic E-state index is 13.4. The third-order valence-corrected chi connectivity index (χ3v) is 6.67. The normalized spacial score (nSPS) is 15.1. The van der Waals surface area contributed by atoms with E-state index >= 15 is 0 Å². The first-order chi connectivity index (χ1) is 19.1. The molecule has 5 rings (SSSR count). The number of morpholine rings is 1. The molecule has 0 radical (unpaired) electrons. The van der Waals surface area contributed by atoms with Crippen LogP contribution in [0.3, 0.4) is 0 Å². The zero-order valence-electron chi connectivity index (χ0n) is 21.7. The fourth-order valence-corrected chi connectivity index (χ4v) is 4.54. The number of anilines is 1. The van der Waals surface area contributed by atoms with E-state index in [0.717, 1.165) is 22.8 Å². The lowest BCUT2D eigenvalue weighted by Crippen LogP contribution is -2.47. The summed E-state index contributed by atoms with van der Waals surface area (Å²) in [7, 11) is 0. The third-order valence-electron chi connectivity index (χ3n) is 6.67. The minimum absolute atomic E-state index is 0.204. The predicted octanol–water partition coefficient (Wildman–Crippen LogP) is 4.31. The first-order valence-corrected chi connectivity index (χ1v) is 12.6. The quantitative estimate of drug-likeness (QED) is 0.380. The maximum atomic E-state index is 13.4. The summed E-state index contributed by atoms with van der Waals surface area (Å²) in [6.07, 6.45) is -0.227. The number of ether oxygens (including phenoxy) is 2. The Kier molecular flexibility index (Phi) is 7.55. The highest BCUT2D eigenvalue weighted by atomic mass is 19.4. The minimum Gasteiger partial charge on any atom is -0.404 e. The molecular formula is C28H26F3N5O4. The van der Waals surface area contributed by atoms with Gasteiger partial charge in [-0.2, -0.15) is 0 Å². The number of nitrogens with one attached hydrogen (secondary N) is 1. The van der Waals surface area contributed by atoms with Gasteiger partial charge in [-0.3, -0.25) is 24.0 Å². The first-order valence-electron chi connectivity index (χ1n) is 12.6. The molecule has 0 spiro atoms. The lowest BCUT2D eigenvalue weighted by molar-refractivity contribution is -0.274. The number of aromatic nitrogens is 3. The Labute approximate surface area is 227 Å². The number of fused-ring (bicyclic) bond motifs is 1. The molecule has 1 saturated heterocycles. The van der Waals surface area contributed by atoms with Crippen LogP contribution in [0.4, 0.5) is 18.9 Å². The van der Waals surface area contributed by atoms with Gasteiger partial charge in [-0.25, -0.2) is 4.98 Å². The highest BCUT2D eigenvalue weighted by Crippen LogP contribution is 2.32. The lowest BCUT2D eigenvalue weighted by Gasteiger charge is -2.31. The minimum atomic E-state index is -4.98. The van der Waals surface area contributed by atoms with Gasteiger partial charge >= 0.3 is 6.36 Å². The van der Waals surface area contributed by atoms with Crippen molar-refractivity contribution in [3.05, 3.63) is 77.1 Å². The van der Waals surface area contributed by atoms with E-state index in [4.69, 9.17) is 4.74 Å². The summed E-state index contributed by atoms with van der Waals surface area (Å²) in [5.74, 6) is -1.12. The maximum Gasteiger partial charge on any atom is 0.573 e. The molecule has 40 heavy (non-hydrogen) atoms. The number of amides is 1. The van der Waals surface area contributed by atoms with Crippen molar-refractivity contribution in [3.8, 4) is 22.6 Å². The molecule has 1 aliphatic heterocycles. The summed E-state index contributed by atoms with van der Waals surface area (Å²) in [5.41, 5.74) is 2.69. The number of hydrogen-bond acceptors (Lipinski definition) is 7. The Balaban J connectivity index is 1.49. The standard InChI is InChI=1S/C28H26F3N5O4/c1-17-11-20(15-32-14-17)19-3-5-22-23(12-19)33-16-36(27(22)38)21-4-6-25(40-28(29,30)31)24(13-21)34-26(37)18(2)35-7-9-39-10-8-35/h3-6,11-16,18H,7-10H2,1-2H3,(H,34,37). The van der Waals surface area contributed by atoms with Crippen LogP contribution in [-0.4, -0.2) is 64.0 Å². The van der Waals surface area contributed by atoms with E-state index in [0.29, 0.717) is 37.2 Å². The smallest absolute Gasteiger partial charge is 0.404 e. The van der Waals surface area contributed by atoms with Gasteiger partial charge in [0.2, 0.25) is 5.91 Å². The van der Waals surface area contributed by atoms with Crippen LogP contribution in [0.2, 0.25) is 0 Å². The second-order valence-corrected chi connectivity index (χ2v) is 9.44. The number of carbonyl (C=O) groups is 1. The van der Waals surface area contributed by atoms with E-state index in [2.05, 4.69) is 20.0 Å². The molecule has 1 aliphatic rings. The Bertz CT molecular complexity index is 1620. The molecule has 1 unspecified atom stereocenters. The van der Waals surface area contributed by atoms with Crippen molar-refractivity contribution >= 4 is 22.5 Å². The molecule has 2 aromatic heterocycles. The van der Waals surface area contributed by atoms with Crippen LogP contribution in [0.15, 0.2) is 66.0 Å². The number of rotatable bonds is 6. The van der Waals surface area contributed by atoms with Crippen molar-refractivity contribution in [3.63, 3.8) is 0 Å². The van der Waals surface area contributed by atoms with E-state index in [1.807, 2.05) is 17.9 Å². The van der Waals surface area contributed by atoms with E-state index in [1.54, 1.807) is 37.5 Å². The first kappa shape index (κ1) is 27.3. The van der Waals surface area contributed by atoms with Gasteiger partial charge in [-0.15, -0.1) is 13.2 Å². The molecular weight excluding hydrogens is 527 g/mol. The second-order valence-electron chi connectivity index (χ2n) is 9.44. The summed E-state index contributed by atoms with van der Waals surface area (Å²) < 4.78 is 50.0. The number of nitrogens with zero attached hydrogens (tertiary/aromatic N) is 4. The van der Waals surface area contributed by atoms with Crippen molar-refractivity contribution in [2.45, 2.75) is 26.3 Å². The van der Waals surface area contributed by atoms with E-state index in [9.17, 15) is 22.8 Å². The number of alkyl halides is 3. The van der Waals surface area contributed by atoms with Crippen molar-refractivity contribution in [1.29, 1.82) is 0 Å². The fourth-order valence-electron chi connectivity index (χ4n) is 4.54. The Hall–Kier alpha value is -4.29. The molecule has 1 atom stereocenters. The van der Waals surface area contributed by atoms with E-state index in [1.165, 1.54) is 23.0 Å². The van der Waals surface area contributed by atoms with Crippen molar-refractivity contribution in [2.75, 3.05) is 31.6 Å². The summed E-state index contributed by atoms with van der Waals surface area (Å²) in [4.78, 5) is 36.8. The van der Waals surface area contributed by atoms with Crippen LogP contribution in [0.5, 0.6) is 5.75 Å². The van der Waals surface area contributed by atoms with Crippen molar-refractivity contribution in [1.82, 2.24) is 19.4 Å². The molecule has 0 saturated carbocycles. The van der Waals surface area contributed by atoms with Crippen molar-refractivity contribution < 1.29 is 27.4 Å². The van der Waals surface area contributed by atoms with Gasteiger partial charge in [-0.1, -0.05) is 6.07 Å². The van der Waals surface area contributed by atoms with Gasteiger partial charge in [0.1, 0.15) is 6.33 Å². The molecule has 2 aromatic carbocycles. The molecule has 3 heterocycles. The van der Waals surface area contributed by atoms with Gasteiger partial charge in [-0.05, 0) is 61.4 Å². The van der Waals surface area contributed by atoms with Gasteiger partial charge in [0, 0.05) is 31.0 Å². The molecule has 1 fully saturated rings. The molecule has 1 N–H and O–H groups in total. The average molecular weight is 554 g/mol. The van der Waals surface area contributed by atoms with Crippen LogP contribution in [0.1, 0.15) is 12.5 Å². The second kappa shape index (κ2) is 11.1. The molecule has 208 valence electrons. The van der Waals surface area contributed by atoms with Gasteiger partial charge < -0.3 is 14.8 Å². The van der Waals surface area contributed by atoms with Crippen LogP contribution in [0, 0.1) is 6.92 Å².